The number of benzene rings is 1. The summed E-state index contributed by atoms with van der Waals surface area (Å²) in [6.45, 7) is 1.30. The Labute approximate surface area is 123 Å². The molecule has 1 aromatic carbocycles. The quantitative estimate of drug-likeness (QED) is 0.826. The van der Waals surface area contributed by atoms with Crippen LogP contribution in [0.5, 0.6) is 0 Å². The van der Waals surface area contributed by atoms with Crippen molar-refractivity contribution in [3.8, 4) is 0 Å². The van der Waals surface area contributed by atoms with Crippen molar-refractivity contribution in [2.24, 2.45) is 0 Å². The zero-order valence-electron chi connectivity index (χ0n) is 11.6. The first-order valence-corrected chi connectivity index (χ1v) is 8.65. The molecular weight excluding hydrogens is 295 g/mol. The van der Waals surface area contributed by atoms with Gasteiger partial charge in [0.1, 0.15) is 5.82 Å². The summed E-state index contributed by atoms with van der Waals surface area (Å²) in [5.74, 6) is -0.383. The molecule has 1 aromatic rings. The number of hydrogen-bond donors (Lipinski definition) is 2. The van der Waals surface area contributed by atoms with Gasteiger partial charge in [-0.25, -0.2) is 17.5 Å². The molecule has 0 aromatic heterocycles. The maximum absolute atomic E-state index is 13.8. The number of halogens is 1. The molecule has 3 rings (SSSR count). The van der Waals surface area contributed by atoms with Crippen LogP contribution in [0.1, 0.15) is 24.8 Å². The van der Waals surface area contributed by atoms with E-state index in [4.69, 9.17) is 4.74 Å². The minimum Gasteiger partial charge on any atom is -0.380 e. The SMILES string of the molecule is O=S(=O)(NC1CCOC1)c1ccc(F)c(CNC2CC2)c1. The summed E-state index contributed by atoms with van der Waals surface area (Å²) in [6.07, 6.45) is 2.86. The van der Waals surface area contributed by atoms with Crippen molar-refractivity contribution in [2.45, 2.75) is 42.8 Å². The van der Waals surface area contributed by atoms with E-state index < -0.39 is 10.0 Å². The molecule has 1 saturated heterocycles. The second-order valence-electron chi connectivity index (χ2n) is 5.59. The van der Waals surface area contributed by atoms with E-state index in [0.717, 1.165) is 12.8 Å². The van der Waals surface area contributed by atoms with Crippen LogP contribution < -0.4 is 10.0 Å². The van der Waals surface area contributed by atoms with Gasteiger partial charge in [-0.15, -0.1) is 0 Å². The van der Waals surface area contributed by atoms with Gasteiger partial charge in [0.25, 0.3) is 0 Å². The summed E-state index contributed by atoms with van der Waals surface area (Å²) in [5.41, 5.74) is 0.382. The van der Waals surface area contributed by atoms with Gasteiger partial charge in [-0.05, 0) is 37.5 Å². The third-order valence-corrected chi connectivity index (χ3v) is 5.26. The van der Waals surface area contributed by atoms with Crippen molar-refractivity contribution >= 4 is 10.0 Å². The lowest BCUT2D eigenvalue weighted by Crippen LogP contribution is -2.35. The summed E-state index contributed by atoms with van der Waals surface area (Å²) >= 11 is 0. The molecule has 5 nitrogen and oxygen atoms in total. The molecule has 2 fully saturated rings. The fraction of sp³-hybridized carbons (Fsp3) is 0.571. The first-order chi connectivity index (χ1) is 10.0. The van der Waals surface area contributed by atoms with E-state index in [9.17, 15) is 12.8 Å². The van der Waals surface area contributed by atoms with Crippen LogP contribution in [-0.4, -0.2) is 33.7 Å². The number of rotatable bonds is 6. The van der Waals surface area contributed by atoms with Crippen LogP contribution in [-0.2, 0) is 21.3 Å². The minimum absolute atomic E-state index is 0.100. The van der Waals surface area contributed by atoms with Crippen LogP contribution in [0.3, 0.4) is 0 Å². The first-order valence-electron chi connectivity index (χ1n) is 7.16. The Bertz CT molecular complexity index is 611. The van der Waals surface area contributed by atoms with Gasteiger partial charge >= 0.3 is 0 Å². The van der Waals surface area contributed by atoms with Crippen LogP contribution in [0.25, 0.3) is 0 Å². The molecule has 0 radical (unpaired) electrons. The van der Waals surface area contributed by atoms with Crippen molar-refractivity contribution in [3.63, 3.8) is 0 Å². The molecule has 1 saturated carbocycles. The Morgan fingerprint density at radius 3 is 2.71 bits per heavy atom. The molecular formula is C14H19FN2O3S. The summed E-state index contributed by atoms with van der Waals surface area (Å²) in [4.78, 5) is 0.100. The van der Waals surface area contributed by atoms with Gasteiger partial charge in [0.05, 0.1) is 11.5 Å². The summed E-state index contributed by atoms with van der Waals surface area (Å²) in [6, 6.07) is 4.16. The van der Waals surface area contributed by atoms with Gasteiger partial charge in [0, 0.05) is 30.8 Å². The van der Waals surface area contributed by atoms with Crippen molar-refractivity contribution in [1.29, 1.82) is 0 Å². The lowest BCUT2D eigenvalue weighted by molar-refractivity contribution is 0.192. The third kappa shape index (κ3) is 3.79. The van der Waals surface area contributed by atoms with Gasteiger partial charge in [0.15, 0.2) is 0 Å². The molecule has 116 valence electrons. The van der Waals surface area contributed by atoms with Crippen LogP contribution in [0.15, 0.2) is 23.1 Å². The Balaban J connectivity index is 1.74. The average Bonchev–Trinajstić information content (AvgIpc) is 3.14. The topological polar surface area (TPSA) is 67.4 Å². The number of sulfonamides is 1. The predicted octanol–water partition coefficient (Wildman–Crippen LogP) is 1.14. The second kappa shape index (κ2) is 6.00. The molecule has 7 heteroatoms. The molecule has 1 atom stereocenters. The van der Waals surface area contributed by atoms with Gasteiger partial charge in [-0.1, -0.05) is 0 Å². The highest BCUT2D eigenvalue weighted by molar-refractivity contribution is 7.89. The van der Waals surface area contributed by atoms with Crippen LogP contribution in [0, 0.1) is 5.82 Å². The minimum atomic E-state index is -3.63. The van der Waals surface area contributed by atoms with Crippen LogP contribution in [0.2, 0.25) is 0 Å². The van der Waals surface area contributed by atoms with Gasteiger partial charge in [-0.3, -0.25) is 0 Å². The van der Waals surface area contributed by atoms with E-state index in [1.54, 1.807) is 0 Å². The molecule has 1 unspecified atom stereocenters. The molecule has 2 aliphatic rings. The first kappa shape index (κ1) is 14.9. The normalized spacial score (nSPS) is 22.6. The van der Waals surface area contributed by atoms with E-state index in [2.05, 4.69) is 10.0 Å². The fourth-order valence-electron chi connectivity index (χ4n) is 2.31. The molecule has 1 heterocycles. The second-order valence-corrected chi connectivity index (χ2v) is 7.30. The number of hydrogen-bond acceptors (Lipinski definition) is 4. The van der Waals surface area contributed by atoms with Crippen molar-refractivity contribution in [3.05, 3.63) is 29.6 Å². The Hall–Kier alpha value is -1.02. The average molecular weight is 314 g/mol. The highest BCUT2D eigenvalue weighted by atomic mass is 32.2. The molecule has 0 spiro atoms. The van der Waals surface area contributed by atoms with Crippen LogP contribution in [0.4, 0.5) is 4.39 Å². The summed E-state index contributed by atoms with van der Waals surface area (Å²) in [5, 5.41) is 3.19. The standard InChI is InChI=1S/C14H19FN2O3S/c15-14-4-3-13(7-10(14)8-16-11-1-2-11)21(18,19)17-12-5-6-20-9-12/h3-4,7,11-12,16-17H,1-2,5-6,8-9H2. The molecule has 1 aliphatic carbocycles. The van der Waals surface area contributed by atoms with E-state index in [-0.39, 0.29) is 16.8 Å². The van der Waals surface area contributed by atoms with Gasteiger partial charge in [0.2, 0.25) is 10.0 Å². The fourth-order valence-corrected chi connectivity index (χ4v) is 3.62. The summed E-state index contributed by atoms with van der Waals surface area (Å²) in [7, 11) is -3.63. The molecule has 0 amide bonds. The Kier molecular flexibility index (Phi) is 4.26. The molecule has 1 aliphatic heterocycles. The lowest BCUT2D eigenvalue weighted by atomic mass is 10.2. The smallest absolute Gasteiger partial charge is 0.240 e. The van der Waals surface area contributed by atoms with E-state index >= 15 is 0 Å². The Morgan fingerprint density at radius 2 is 2.05 bits per heavy atom. The summed E-state index contributed by atoms with van der Waals surface area (Å²) < 4.78 is 46.1. The van der Waals surface area contributed by atoms with Crippen molar-refractivity contribution in [2.75, 3.05) is 13.2 Å². The maximum atomic E-state index is 13.8. The zero-order chi connectivity index (χ0) is 14.9. The molecule has 21 heavy (non-hydrogen) atoms. The third-order valence-electron chi connectivity index (χ3n) is 3.74. The van der Waals surface area contributed by atoms with Crippen LogP contribution >= 0.6 is 0 Å². The zero-order valence-corrected chi connectivity index (χ0v) is 12.5. The Morgan fingerprint density at radius 1 is 1.24 bits per heavy atom. The van der Waals surface area contributed by atoms with E-state index in [1.165, 1.54) is 18.2 Å². The maximum Gasteiger partial charge on any atom is 0.240 e. The monoisotopic (exact) mass is 314 g/mol. The van der Waals surface area contributed by atoms with Crippen molar-refractivity contribution in [1.82, 2.24) is 10.0 Å². The number of nitrogens with one attached hydrogen (secondary N) is 2. The lowest BCUT2D eigenvalue weighted by Gasteiger charge is -2.13. The van der Waals surface area contributed by atoms with E-state index in [1.807, 2.05) is 0 Å². The van der Waals surface area contributed by atoms with Gasteiger partial charge < -0.3 is 10.1 Å². The van der Waals surface area contributed by atoms with E-state index in [0.29, 0.717) is 37.8 Å². The highest BCUT2D eigenvalue weighted by Crippen LogP contribution is 2.21. The largest absolute Gasteiger partial charge is 0.380 e. The number of ether oxygens (including phenoxy) is 1. The molecule has 2 N–H and O–H groups in total. The molecule has 0 bridgehead atoms. The van der Waals surface area contributed by atoms with Crippen molar-refractivity contribution < 1.29 is 17.5 Å². The van der Waals surface area contributed by atoms with Gasteiger partial charge in [-0.2, -0.15) is 0 Å². The highest BCUT2D eigenvalue weighted by Gasteiger charge is 2.25. The predicted molar refractivity (Wildman–Crippen MR) is 75.8 cm³/mol.